The van der Waals surface area contributed by atoms with Gasteiger partial charge in [0.05, 0.1) is 12.7 Å². The number of alkyl halides is 3. The fourth-order valence-electron chi connectivity index (χ4n) is 2.70. The Hall–Kier alpha value is -1.56. The molecular formula is C15H18F3NO2. The van der Waals surface area contributed by atoms with Crippen LogP contribution >= 0.6 is 0 Å². The Morgan fingerprint density at radius 1 is 1.29 bits per heavy atom. The van der Waals surface area contributed by atoms with Gasteiger partial charge in [0.15, 0.2) is 0 Å². The quantitative estimate of drug-likeness (QED) is 0.872. The summed E-state index contributed by atoms with van der Waals surface area (Å²) in [6.45, 7) is 1.44. The summed E-state index contributed by atoms with van der Waals surface area (Å²) < 4.78 is 42.3. The van der Waals surface area contributed by atoms with Crippen LogP contribution in [0, 0.1) is 5.92 Å². The van der Waals surface area contributed by atoms with E-state index in [1.165, 1.54) is 19.2 Å². The molecule has 1 aromatic carbocycles. The van der Waals surface area contributed by atoms with Gasteiger partial charge in [-0.05, 0) is 42.5 Å². The summed E-state index contributed by atoms with van der Waals surface area (Å²) in [6.07, 6.45) is -3.20. The highest BCUT2D eigenvalue weighted by Gasteiger charge is 2.31. The molecule has 1 heterocycles. The van der Waals surface area contributed by atoms with Crippen LogP contribution in [0.2, 0.25) is 0 Å². The van der Waals surface area contributed by atoms with Crippen molar-refractivity contribution in [1.29, 1.82) is 0 Å². The largest absolute Gasteiger partial charge is 0.469 e. The van der Waals surface area contributed by atoms with E-state index in [2.05, 4.69) is 10.1 Å². The Morgan fingerprint density at radius 3 is 2.52 bits per heavy atom. The first kappa shape index (κ1) is 15.8. The number of hydrogen-bond donors (Lipinski definition) is 1. The van der Waals surface area contributed by atoms with Crippen LogP contribution in [-0.2, 0) is 15.7 Å². The molecular weight excluding hydrogens is 283 g/mol. The number of piperidine rings is 1. The summed E-state index contributed by atoms with van der Waals surface area (Å²) in [4.78, 5) is 11.3. The summed E-state index contributed by atoms with van der Waals surface area (Å²) >= 11 is 0. The molecule has 0 aliphatic carbocycles. The van der Waals surface area contributed by atoms with Crippen LogP contribution in [0.25, 0.3) is 0 Å². The van der Waals surface area contributed by atoms with E-state index in [-0.39, 0.29) is 17.8 Å². The van der Waals surface area contributed by atoms with Crippen LogP contribution in [0.15, 0.2) is 24.3 Å². The molecule has 1 N–H and O–H groups in total. The summed E-state index contributed by atoms with van der Waals surface area (Å²) in [5.41, 5.74) is 0.228. The first-order valence-electron chi connectivity index (χ1n) is 6.85. The lowest BCUT2D eigenvalue weighted by Gasteiger charge is -2.30. The first-order chi connectivity index (χ1) is 9.90. The molecule has 1 fully saturated rings. The fourth-order valence-corrected chi connectivity index (χ4v) is 2.70. The molecule has 1 aliphatic rings. The minimum atomic E-state index is -4.31. The zero-order chi connectivity index (χ0) is 15.5. The Kier molecular flexibility index (Phi) is 4.88. The van der Waals surface area contributed by atoms with E-state index in [0.717, 1.165) is 30.7 Å². The van der Waals surface area contributed by atoms with E-state index in [1.807, 2.05) is 0 Å². The molecule has 0 amide bonds. The molecule has 6 heteroatoms. The van der Waals surface area contributed by atoms with Gasteiger partial charge < -0.3 is 10.1 Å². The van der Waals surface area contributed by atoms with Gasteiger partial charge in [0.2, 0.25) is 0 Å². The third kappa shape index (κ3) is 4.20. The molecule has 0 spiro atoms. The SMILES string of the molecule is COC(=O)C[C@H]1CNC[C@H](c2ccc(C(F)(F)F)cc2)C1. The monoisotopic (exact) mass is 301 g/mol. The van der Waals surface area contributed by atoms with Crippen molar-refractivity contribution in [3.63, 3.8) is 0 Å². The first-order valence-corrected chi connectivity index (χ1v) is 6.85. The van der Waals surface area contributed by atoms with E-state index in [4.69, 9.17) is 0 Å². The lowest BCUT2D eigenvalue weighted by molar-refractivity contribution is -0.142. The second-order valence-electron chi connectivity index (χ2n) is 5.36. The van der Waals surface area contributed by atoms with E-state index >= 15 is 0 Å². The molecule has 0 unspecified atom stereocenters. The number of hydrogen-bond acceptors (Lipinski definition) is 3. The number of carbonyl (C=O) groups excluding carboxylic acids is 1. The topological polar surface area (TPSA) is 38.3 Å². The predicted octanol–water partition coefficient (Wildman–Crippen LogP) is 2.96. The molecule has 0 bridgehead atoms. The summed E-state index contributed by atoms with van der Waals surface area (Å²) in [5, 5.41) is 3.23. The molecule has 0 aromatic heterocycles. The molecule has 1 aromatic rings. The van der Waals surface area contributed by atoms with Crippen LogP contribution in [0.5, 0.6) is 0 Å². The predicted molar refractivity (Wildman–Crippen MR) is 71.8 cm³/mol. The van der Waals surface area contributed by atoms with Crippen molar-refractivity contribution in [1.82, 2.24) is 5.32 Å². The van der Waals surface area contributed by atoms with Crippen LogP contribution in [0.3, 0.4) is 0 Å². The Bertz CT molecular complexity index is 485. The van der Waals surface area contributed by atoms with Crippen molar-refractivity contribution in [2.75, 3.05) is 20.2 Å². The minimum Gasteiger partial charge on any atom is -0.469 e. The lowest BCUT2D eigenvalue weighted by atomic mass is 9.84. The molecule has 2 rings (SSSR count). The summed E-state index contributed by atoms with van der Waals surface area (Å²) in [5.74, 6) is 0.0176. The molecule has 0 radical (unpaired) electrons. The summed E-state index contributed by atoms with van der Waals surface area (Å²) in [6, 6.07) is 5.27. The summed E-state index contributed by atoms with van der Waals surface area (Å²) in [7, 11) is 1.35. The molecule has 21 heavy (non-hydrogen) atoms. The third-order valence-electron chi connectivity index (χ3n) is 3.83. The van der Waals surface area contributed by atoms with Gasteiger partial charge in [-0.15, -0.1) is 0 Å². The Labute approximate surface area is 121 Å². The highest BCUT2D eigenvalue weighted by atomic mass is 19.4. The van der Waals surface area contributed by atoms with Crippen LogP contribution in [-0.4, -0.2) is 26.2 Å². The Balaban J connectivity index is 2.02. The van der Waals surface area contributed by atoms with Crippen molar-refractivity contribution < 1.29 is 22.7 Å². The number of nitrogens with one attached hydrogen (secondary N) is 1. The van der Waals surface area contributed by atoms with Gasteiger partial charge in [-0.3, -0.25) is 4.79 Å². The van der Waals surface area contributed by atoms with E-state index < -0.39 is 11.7 Å². The van der Waals surface area contributed by atoms with Crippen LogP contribution in [0.4, 0.5) is 13.2 Å². The second-order valence-corrected chi connectivity index (χ2v) is 5.36. The van der Waals surface area contributed by atoms with Gasteiger partial charge in [0.25, 0.3) is 0 Å². The smallest absolute Gasteiger partial charge is 0.416 e. The highest BCUT2D eigenvalue weighted by molar-refractivity contribution is 5.69. The van der Waals surface area contributed by atoms with Gasteiger partial charge in [-0.2, -0.15) is 13.2 Å². The maximum absolute atomic E-state index is 12.5. The number of benzene rings is 1. The van der Waals surface area contributed by atoms with Crippen molar-refractivity contribution in [2.24, 2.45) is 5.92 Å². The molecule has 1 aliphatic heterocycles. The molecule has 116 valence electrons. The van der Waals surface area contributed by atoms with Gasteiger partial charge in [-0.25, -0.2) is 0 Å². The number of methoxy groups -OCH3 is 1. The molecule has 3 nitrogen and oxygen atoms in total. The van der Waals surface area contributed by atoms with E-state index in [0.29, 0.717) is 13.0 Å². The maximum Gasteiger partial charge on any atom is 0.416 e. The zero-order valence-corrected chi connectivity index (χ0v) is 11.7. The van der Waals surface area contributed by atoms with E-state index in [1.54, 1.807) is 0 Å². The number of ether oxygens (including phenoxy) is 1. The Morgan fingerprint density at radius 2 is 1.95 bits per heavy atom. The highest BCUT2D eigenvalue weighted by Crippen LogP contribution is 2.32. The molecule has 2 atom stereocenters. The van der Waals surface area contributed by atoms with Crippen molar-refractivity contribution in [2.45, 2.75) is 24.9 Å². The van der Waals surface area contributed by atoms with Crippen LogP contribution < -0.4 is 5.32 Å². The standard InChI is InChI=1S/C15H18F3NO2/c1-21-14(20)7-10-6-12(9-19-8-10)11-2-4-13(5-3-11)15(16,17)18/h2-5,10,12,19H,6-9H2,1H3/t10-,12+/m0/s1. The van der Waals surface area contributed by atoms with Gasteiger partial charge in [0.1, 0.15) is 0 Å². The minimum absolute atomic E-state index is 0.121. The fraction of sp³-hybridized carbons (Fsp3) is 0.533. The number of carbonyl (C=O) groups is 1. The van der Waals surface area contributed by atoms with E-state index in [9.17, 15) is 18.0 Å². The maximum atomic E-state index is 12.5. The molecule has 0 saturated carbocycles. The third-order valence-corrected chi connectivity index (χ3v) is 3.83. The van der Waals surface area contributed by atoms with Gasteiger partial charge in [-0.1, -0.05) is 12.1 Å². The van der Waals surface area contributed by atoms with Gasteiger partial charge in [0, 0.05) is 13.0 Å². The van der Waals surface area contributed by atoms with Crippen molar-refractivity contribution in [3.05, 3.63) is 35.4 Å². The second kappa shape index (κ2) is 6.47. The average Bonchev–Trinajstić information content (AvgIpc) is 2.46. The van der Waals surface area contributed by atoms with Gasteiger partial charge >= 0.3 is 12.1 Å². The average molecular weight is 301 g/mol. The molecule has 1 saturated heterocycles. The number of rotatable bonds is 3. The normalized spacial score (nSPS) is 22.9. The zero-order valence-electron chi connectivity index (χ0n) is 11.7. The van der Waals surface area contributed by atoms with Crippen molar-refractivity contribution >= 4 is 5.97 Å². The van der Waals surface area contributed by atoms with Crippen LogP contribution in [0.1, 0.15) is 29.9 Å². The number of esters is 1. The lowest BCUT2D eigenvalue weighted by Crippen LogP contribution is -2.36. The number of halogens is 3. The van der Waals surface area contributed by atoms with Crippen molar-refractivity contribution in [3.8, 4) is 0 Å².